The van der Waals surface area contributed by atoms with Gasteiger partial charge in [0.2, 0.25) is 11.8 Å². The fourth-order valence-corrected chi connectivity index (χ4v) is 3.44. The molecule has 160 valence electrons. The van der Waals surface area contributed by atoms with Gasteiger partial charge in [-0.2, -0.15) is 0 Å². The minimum Gasteiger partial charge on any atom is -0.505 e. The molecule has 7 heteroatoms. The molecule has 0 saturated heterocycles. The maximum absolute atomic E-state index is 12.7. The van der Waals surface area contributed by atoms with E-state index in [1.165, 1.54) is 0 Å². The molecule has 4 rings (SSSR count). The molecule has 0 unspecified atom stereocenters. The van der Waals surface area contributed by atoms with Crippen molar-refractivity contribution in [2.24, 2.45) is 5.73 Å². The number of nitrogens with one attached hydrogen (secondary N) is 2. The second kappa shape index (κ2) is 8.69. The molecule has 32 heavy (non-hydrogen) atoms. The van der Waals surface area contributed by atoms with E-state index in [0.717, 1.165) is 16.7 Å². The zero-order chi connectivity index (χ0) is 22.7. The van der Waals surface area contributed by atoms with Crippen molar-refractivity contribution >= 4 is 17.5 Å². The normalized spacial score (nSPS) is 10.6. The Bertz CT molecular complexity index is 1260. The molecule has 0 aliphatic carbocycles. The summed E-state index contributed by atoms with van der Waals surface area (Å²) in [5.74, 6) is -1.79. The zero-order valence-corrected chi connectivity index (χ0v) is 17.0. The Hall–Kier alpha value is -4.52. The average molecular weight is 427 g/mol. The molecule has 7 nitrogen and oxygen atoms in total. The highest BCUT2D eigenvalue weighted by atomic mass is 16.3. The number of hydrogen-bond acceptors (Lipinski definition) is 4. The van der Waals surface area contributed by atoms with Crippen molar-refractivity contribution in [2.45, 2.75) is 6.42 Å². The zero-order valence-electron chi connectivity index (χ0n) is 17.0. The van der Waals surface area contributed by atoms with Crippen LogP contribution in [0.4, 0.5) is 5.69 Å². The Balaban J connectivity index is 1.49. The van der Waals surface area contributed by atoms with Crippen LogP contribution in [0.15, 0.2) is 78.9 Å². The third-order valence-electron chi connectivity index (χ3n) is 5.13. The first-order valence-electron chi connectivity index (χ1n) is 9.90. The molecule has 0 fully saturated rings. The van der Waals surface area contributed by atoms with Gasteiger partial charge in [0, 0.05) is 17.7 Å². The van der Waals surface area contributed by atoms with Crippen LogP contribution in [-0.4, -0.2) is 27.0 Å². The van der Waals surface area contributed by atoms with E-state index in [-0.39, 0.29) is 11.3 Å². The number of benzene rings is 3. The molecule has 0 bridgehead atoms. The lowest BCUT2D eigenvalue weighted by molar-refractivity contribution is 0.0996. The number of anilines is 1. The maximum atomic E-state index is 12.7. The summed E-state index contributed by atoms with van der Waals surface area (Å²) in [4.78, 5) is 26.6. The molecule has 3 aromatic carbocycles. The van der Waals surface area contributed by atoms with Gasteiger partial charge < -0.3 is 26.2 Å². The predicted octanol–water partition coefficient (Wildman–Crippen LogP) is 4.03. The lowest BCUT2D eigenvalue weighted by atomic mass is 10.0. The van der Waals surface area contributed by atoms with Gasteiger partial charge in [-0.3, -0.25) is 9.59 Å². The maximum Gasteiger partial charge on any atom is 0.264 e. The number of hydrogen-bond donors (Lipinski definition) is 5. The average Bonchev–Trinajstić information content (AvgIpc) is 3.07. The largest absolute Gasteiger partial charge is 0.505 e. The summed E-state index contributed by atoms with van der Waals surface area (Å²) in [6.07, 6.45) is 0.344. The van der Waals surface area contributed by atoms with Gasteiger partial charge in [-0.05, 0) is 41.0 Å². The number of H-pyrrole nitrogens is 1. The van der Waals surface area contributed by atoms with Crippen molar-refractivity contribution in [1.29, 1.82) is 0 Å². The molecule has 2 amide bonds. The molecule has 0 aliphatic heterocycles. The van der Waals surface area contributed by atoms with Crippen molar-refractivity contribution in [3.63, 3.8) is 0 Å². The van der Waals surface area contributed by atoms with Gasteiger partial charge in [-0.15, -0.1) is 0 Å². The van der Waals surface area contributed by atoms with Crippen LogP contribution in [0, 0.1) is 0 Å². The third kappa shape index (κ3) is 4.32. The number of carbonyl (C=O) groups excluding carboxylic acids is 2. The molecule has 1 heterocycles. The summed E-state index contributed by atoms with van der Waals surface area (Å²) >= 11 is 0. The molecule has 4 aromatic rings. The Kier molecular flexibility index (Phi) is 5.63. The highest BCUT2D eigenvalue weighted by molar-refractivity contribution is 6.08. The number of primary amides is 1. The van der Waals surface area contributed by atoms with E-state index < -0.39 is 17.7 Å². The smallest absolute Gasteiger partial charge is 0.264 e. The van der Waals surface area contributed by atoms with E-state index in [9.17, 15) is 19.8 Å². The fourth-order valence-electron chi connectivity index (χ4n) is 3.44. The first kappa shape index (κ1) is 20.7. The summed E-state index contributed by atoms with van der Waals surface area (Å²) in [7, 11) is 0. The molecule has 0 aliphatic rings. The van der Waals surface area contributed by atoms with Crippen molar-refractivity contribution < 1.29 is 19.8 Å². The SMILES string of the molecule is NC(=O)c1ccc(-c2ccc(NC(=O)c3c(O)[nH]c(Cc4ccccc4)c3O)cc2)cc1. The molecule has 0 saturated carbocycles. The van der Waals surface area contributed by atoms with Gasteiger partial charge >= 0.3 is 0 Å². The summed E-state index contributed by atoms with van der Waals surface area (Å²) in [6.45, 7) is 0. The lowest BCUT2D eigenvalue weighted by Gasteiger charge is -2.07. The van der Waals surface area contributed by atoms with Crippen LogP contribution in [0.1, 0.15) is 32.0 Å². The van der Waals surface area contributed by atoms with Crippen LogP contribution in [0.5, 0.6) is 11.6 Å². The molecule has 1 aromatic heterocycles. The van der Waals surface area contributed by atoms with Gasteiger partial charge in [-0.1, -0.05) is 54.6 Å². The summed E-state index contributed by atoms with van der Waals surface area (Å²) in [5.41, 5.74) is 9.03. The molecule has 6 N–H and O–H groups in total. The lowest BCUT2D eigenvalue weighted by Crippen LogP contribution is -2.11. The van der Waals surface area contributed by atoms with Crippen molar-refractivity contribution in [3.8, 4) is 22.8 Å². The van der Waals surface area contributed by atoms with Crippen LogP contribution >= 0.6 is 0 Å². The monoisotopic (exact) mass is 427 g/mol. The van der Waals surface area contributed by atoms with Crippen LogP contribution in [-0.2, 0) is 6.42 Å². The van der Waals surface area contributed by atoms with Gasteiger partial charge in [0.1, 0.15) is 5.56 Å². The highest BCUT2D eigenvalue weighted by Crippen LogP contribution is 2.33. The van der Waals surface area contributed by atoms with Crippen LogP contribution < -0.4 is 11.1 Å². The molecule has 0 atom stereocenters. The van der Waals surface area contributed by atoms with Gasteiger partial charge in [0.25, 0.3) is 5.91 Å². The van der Waals surface area contributed by atoms with E-state index in [1.54, 1.807) is 36.4 Å². The first-order chi connectivity index (χ1) is 15.4. The predicted molar refractivity (Wildman–Crippen MR) is 122 cm³/mol. The van der Waals surface area contributed by atoms with E-state index in [0.29, 0.717) is 23.4 Å². The van der Waals surface area contributed by atoms with Gasteiger partial charge in [0.05, 0.1) is 5.69 Å². The third-order valence-corrected chi connectivity index (χ3v) is 5.13. The molecule has 0 radical (unpaired) electrons. The Morgan fingerprint density at radius 3 is 2.03 bits per heavy atom. The summed E-state index contributed by atoms with van der Waals surface area (Å²) in [5, 5.41) is 23.4. The fraction of sp³-hybridized carbons (Fsp3) is 0.0400. The Morgan fingerprint density at radius 2 is 1.44 bits per heavy atom. The topological polar surface area (TPSA) is 128 Å². The minimum atomic E-state index is -0.630. The van der Waals surface area contributed by atoms with E-state index in [4.69, 9.17) is 5.73 Å². The van der Waals surface area contributed by atoms with E-state index in [1.807, 2.05) is 42.5 Å². The van der Waals surface area contributed by atoms with Crippen LogP contribution in [0.2, 0.25) is 0 Å². The number of rotatable bonds is 6. The molecular weight excluding hydrogens is 406 g/mol. The van der Waals surface area contributed by atoms with Crippen LogP contribution in [0.3, 0.4) is 0 Å². The Labute approximate surface area is 184 Å². The molecule has 0 spiro atoms. The highest BCUT2D eigenvalue weighted by Gasteiger charge is 2.23. The second-order valence-corrected chi connectivity index (χ2v) is 7.31. The number of aromatic nitrogens is 1. The van der Waals surface area contributed by atoms with Crippen molar-refractivity contribution in [2.75, 3.05) is 5.32 Å². The number of aromatic hydroxyl groups is 2. The van der Waals surface area contributed by atoms with Gasteiger partial charge in [0.15, 0.2) is 5.75 Å². The Morgan fingerprint density at radius 1 is 0.844 bits per heavy atom. The standard InChI is InChI=1S/C25H21N3O4/c26-23(30)18-8-6-16(7-9-18)17-10-12-19(13-11-17)27-24(31)21-22(29)20(28-25(21)32)14-15-4-2-1-3-5-15/h1-13,28-29,32H,14H2,(H2,26,30)(H,27,31). The minimum absolute atomic E-state index is 0.206. The van der Waals surface area contributed by atoms with E-state index in [2.05, 4.69) is 10.3 Å². The number of aromatic amines is 1. The number of amides is 2. The van der Waals surface area contributed by atoms with E-state index >= 15 is 0 Å². The second-order valence-electron chi connectivity index (χ2n) is 7.31. The summed E-state index contributed by atoms with van der Waals surface area (Å²) in [6, 6.07) is 23.3. The van der Waals surface area contributed by atoms with Crippen molar-refractivity contribution in [1.82, 2.24) is 4.98 Å². The van der Waals surface area contributed by atoms with Crippen LogP contribution in [0.25, 0.3) is 11.1 Å². The van der Waals surface area contributed by atoms with Crippen molar-refractivity contribution in [3.05, 3.63) is 101 Å². The van der Waals surface area contributed by atoms with Gasteiger partial charge in [-0.25, -0.2) is 0 Å². The number of nitrogens with two attached hydrogens (primary N) is 1. The number of carbonyl (C=O) groups is 2. The quantitative estimate of drug-likeness (QED) is 0.318. The molecular formula is C25H21N3O4. The summed E-state index contributed by atoms with van der Waals surface area (Å²) < 4.78 is 0. The first-order valence-corrected chi connectivity index (χ1v) is 9.90.